The molecule has 3 N–H and O–H groups in total. The van der Waals surface area contributed by atoms with Crippen molar-refractivity contribution >= 4 is 0 Å². The van der Waals surface area contributed by atoms with Crippen LogP contribution in [0.3, 0.4) is 0 Å². The molecule has 0 amide bonds. The van der Waals surface area contributed by atoms with Crippen LogP contribution in [0.1, 0.15) is 79.1 Å². The summed E-state index contributed by atoms with van der Waals surface area (Å²) in [6, 6.07) is 0. The van der Waals surface area contributed by atoms with Gasteiger partial charge in [0.25, 0.3) is 0 Å². The van der Waals surface area contributed by atoms with Crippen molar-refractivity contribution in [2.24, 2.45) is 34.5 Å². The van der Waals surface area contributed by atoms with E-state index >= 15 is 0 Å². The molecule has 0 bridgehead atoms. The van der Waals surface area contributed by atoms with Crippen molar-refractivity contribution in [1.82, 2.24) is 0 Å². The minimum absolute atomic E-state index is 0.0451. The smallest absolute Gasteiger partial charge is 0.0675 e. The third kappa shape index (κ3) is 2.57. The van der Waals surface area contributed by atoms with Gasteiger partial charge in [-0.2, -0.15) is 0 Å². The van der Waals surface area contributed by atoms with E-state index in [1.807, 2.05) is 0 Å². The van der Waals surface area contributed by atoms with Crippen LogP contribution in [-0.4, -0.2) is 33.6 Å². The topological polar surface area (TPSA) is 60.7 Å². The van der Waals surface area contributed by atoms with Gasteiger partial charge in [0, 0.05) is 6.61 Å². The molecule has 3 rings (SSSR count). The van der Waals surface area contributed by atoms with Crippen LogP contribution in [0.4, 0.5) is 0 Å². The average Bonchev–Trinajstić information content (AvgIpc) is 2.79. The van der Waals surface area contributed by atoms with E-state index in [2.05, 4.69) is 27.7 Å². The summed E-state index contributed by atoms with van der Waals surface area (Å²) in [5.74, 6) is 2.05. The Morgan fingerprint density at radius 2 is 1.62 bits per heavy atom. The molecular formula is C21H38O3. The van der Waals surface area contributed by atoms with Gasteiger partial charge < -0.3 is 15.3 Å². The van der Waals surface area contributed by atoms with Crippen LogP contribution < -0.4 is 0 Å². The predicted octanol–water partition coefficient (Wildman–Crippen LogP) is 3.75. The maximum atomic E-state index is 11.0. The fourth-order valence-corrected chi connectivity index (χ4v) is 7.09. The van der Waals surface area contributed by atoms with Crippen LogP contribution in [0.2, 0.25) is 0 Å². The molecule has 0 aromatic carbocycles. The lowest BCUT2D eigenvalue weighted by Gasteiger charge is -2.58. The van der Waals surface area contributed by atoms with Crippen molar-refractivity contribution in [2.45, 2.75) is 90.8 Å². The number of rotatable bonds is 3. The minimum Gasteiger partial charge on any atom is -0.396 e. The van der Waals surface area contributed by atoms with E-state index in [1.54, 1.807) is 0 Å². The molecule has 3 nitrogen and oxygen atoms in total. The summed E-state index contributed by atoms with van der Waals surface area (Å²) in [5.41, 5.74) is -0.357. The molecule has 0 unspecified atom stereocenters. The van der Waals surface area contributed by atoms with E-state index < -0.39 is 5.60 Å². The highest BCUT2D eigenvalue weighted by molar-refractivity contribution is 5.11. The van der Waals surface area contributed by atoms with Gasteiger partial charge in [-0.1, -0.05) is 27.2 Å². The molecule has 140 valence electrons. The van der Waals surface area contributed by atoms with E-state index in [0.717, 1.165) is 51.4 Å². The number of aliphatic hydroxyl groups excluding tert-OH is 2. The summed E-state index contributed by atoms with van der Waals surface area (Å²) in [5, 5.41) is 31.1. The van der Waals surface area contributed by atoms with Gasteiger partial charge in [0.15, 0.2) is 0 Å². The lowest BCUT2D eigenvalue weighted by Crippen LogP contribution is -2.54. The zero-order chi connectivity index (χ0) is 17.8. The third-order valence-corrected chi connectivity index (χ3v) is 9.04. The van der Waals surface area contributed by atoms with Crippen LogP contribution in [0.25, 0.3) is 0 Å². The van der Waals surface area contributed by atoms with Crippen molar-refractivity contribution in [3.8, 4) is 0 Å². The molecule has 0 spiro atoms. The minimum atomic E-state index is -0.532. The first-order valence-corrected chi connectivity index (χ1v) is 10.2. The molecule has 0 aromatic heterocycles. The Labute approximate surface area is 147 Å². The second-order valence-corrected chi connectivity index (χ2v) is 9.87. The SMILES string of the molecule is CC[C@@H]1[C@@H]([C@@]2(C)CC[C@H](O)C[C@@H]2CO)CC[C@@]2(C)[C@H]1CC[C@]2(C)O. The molecule has 0 saturated heterocycles. The largest absolute Gasteiger partial charge is 0.396 e. The maximum absolute atomic E-state index is 11.0. The molecule has 24 heavy (non-hydrogen) atoms. The van der Waals surface area contributed by atoms with Crippen LogP contribution in [0.5, 0.6) is 0 Å². The van der Waals surface area contributed by atoms with E-state index in [-0.39, 0.29) is 29.5 Å². The Kier molecular flexibility index (Phi) is 4.86. The van der Waals surface area contributed by atoms with E-state index in [0.29, 0.717) is 17.8 Å². The molecule has 0 aliphatic heterocycles. The number of fused-ring (bicyclic) bond motifs is 1. The fraction of sp³-hybridized carbons (Fsp3) is 1.00. The lowest BCUT2D eigenvalue weighted by molar-refractivity contribution is -0.137. The molecule has 3 heteroatoms. The summed E-state index contributed by atoms with van der Waals surface area (Å²) in [6.07, 6.45) is 7.90. The highest BCUT2D eigenvalue weighted by Crippen LogP contribution is 2.65. The van der Waals surface area contributed by atoms with Gasteiger partial charge in [-0.15, -0.1) is 0 Å². The first-order chi connectivity index (χ1) is 11.2. The number of hydrogen-bond donors (Lipinski definition) is 3. The summed E-state index contributed by atoms with van der Waals surface area (Å²) >= 11 is 0. The van der Waals surface area contributed by atoms with Gasteiger partial charge in [0.1, 0.15) is 0 Å². The molecule has 8 atom stereocenters. The summed E-state index contributed by atoms with van der Waals surface area (Å²) in [4.78, 5) is 0. The Balaban J connectivity index is 1.90. The molecular weight excluding hydrogens is 300 g/mol. The van der Waals surface area contributed by atoms with Crippen molar-refractivity contribution in [3.63, 3.8) is 0 Å². The van der Waals surface area contributed by atoms with Crippen molar-refractivity contribution in [1.29, 1.82) is 0 Å². The summed E-state index contributed by atoms with van der Waals surface area (Å²) in [7, 11) is 0. The summed E-state index contributed by atoms with van der Waals surface area (Å²) < 4.78 is 0. The van der Waals surface area contributed by atoms with Crippen molar-refractivity contribution in [3.05, 3.63) is 0 Å². The van der Waals surface area contributed by atoms with Gasteiger partial charge in [0.05, 0.1) is 11.7 Å². The van der Waals surface area contributed by atoms with Gasteiger partial charge in [-0.05, 0) is 86.4 Å². The van der Waals surface area contributed by atoms with E-state index in [4.69, 9.17) is 0 Å². The number of hydrogen-bond acceptors (Lipinski definition) is 3. The van der Waals surface area contributed by atoms with Crippen LogP contribution >= 0.6 is 0 Å². The van der Waals surface area contributed by atoms with Gasteiger partial charge in [-0.25, -0.2) is 0 Å². The van der Waals surface area contributed by atoms with Gasteiger partial charge in [0.2, 0.25) is 0 Å². The van der Waals surface area contributed by atoms with Gasteiger partial charge in [-0.3, -0.25) is 0 Å². The first-order valence-electron chi connectivity index (χ1n) is 10.2. The second kappa shape index (κ2) is 6.25. The molecule has 3 fully saturated rings. The lowest BCUT2D eigenvalue weighted by atomic mass is 9.48. The molecule has 3 aliphatic rings. The first kappa shape index (κ1) is 18.7. The second-order valence-electron chi connectivity index (χ2n) is 9.87. The van der Waals surface area contributed by atoms with Crippen molar-refractivity contribution in [2.75, 3.05) is 6.61 Å². The molecule has 3 saturated carbocycles. The maximum Gasteiger partial charge on any atom is 0.0675 e. The average molecular weight is 339 g/mol. The van der Waals surface area contributed by atoms with E-state index in [9.17, 15) is 15.3 Å². The standard InChI is InChI=1S/C21H38O3/c1-5-16-17(19(2)9-6-15(23)12-14(19)13-22)7-10-20(3)18(16)8-11-21(20,4)24/h14-18,22-24H,5-13H2,1-4H3/t14-,15+,16-,17+,18+,19+,20+,21+/m1/s1. The highest BCUT2D eigenvalue weighted by Gasteiger charge is 2.61. The van der Waals surface area contributed by atoms with Crippen LogP contribution in [-0.2, 0) is 0 Å². The van der Waals surface area contributed by atoms with E-state index in [1.165, 1.54) is 0 Å². The Morgan fingerprint density at radius 1 is 0.958 bits per heavy atom. The van der Waals surface area contributed by atoms with Crippen LogP contribution in [0, 0.1) is 34.5 Å². The highest BCUT2D eigenvalue weighted by atomic mass is 16.3. The number of aliphatic hydroxyl groups is 3. The van der Waals surface area contributed by atoms with Crippen LogP contribution in [0.15, 0.2) is 0 Å². The molecule has 0 radical (unpaired) electrons. The fourth-order valence-electron chi connectivity index (χ4n) is 7.09. The third-order valence-electron chi connectivity index (χ3n) is 9.04. The van der Waals surface area contributed by atoms with Gasteiger partial charge >= 0.3 is 0 Å². The zero-order valence-electron chi connectivity index (χ0n) is 16.1. The Hall–Kier alpha value is -0.120. The molecule has 0 aromatic rings. The Bertz CT molecular complexity index is 462. The normalized spacial score (nSPS) is 55.4. The molecule has 3 aliphatic carbocycles. The summed E-state index contributed by atoms with van der Waals surface area (Å²) in [6.45, 7) is 9.25. The predicted molar refractivity (Wildman–Crippen MR) is 96.5 cm³/mol. The zero-order valence-corrected chi connectivity index (χ0v) is 16.1. The Morgan fingerprint density at radius 3 is 2.25 bits per heavy atom. The van der Waals surface area contributed by atoms with Crippen molar-refractivity contribution < 1.29 is 15.3 Å². The molecule has 0 heterocycles. The quantitative estimate of drug-likeness (QED) is 0.734. The monoisotopic (exact) mass is 338 g/mol.